The average Bonchev–Trinajstić information content (AvgIpc) is 3.28. The Balaban J connectivity index is 4.49. The van der Waals surface area contributed by atoms with Crippen LogP contribution in [0.1, 0.15) is 226 Å². The van der Waals surface area contributed by atoms with Gasteiger partial charge in [-0.05, 0) is 77.0 Å². The van der Waals surface area contributed by atoms with Crippen molar-refractivity contribution in [2.45, 2.75) is 232 Å². The maximum atomic E-state index is 12.8. The molecule has 63 heavy (non-hydrogen) atoms. The lowest BCUT2D eigenvalue weighted by atomic mass is 10.0. The van der Waals surface area contributed by atoms with Crippen LogP contribution in [0.5, 0.6) is 0 Å². The van der Waals surface area contributed by atoms with E-state index in [-0.39, 0.29) is 31.1 Å². The predicted octanol–water partition coefficient (Wildman–Crippen LogP) is 17.0. The van der Waals surface area contributed by atoms with Gasteiger partial charge < -0.3 is 14.2 Å². The van der Waals surface area contributed by atoms with E-state index >= 15 is 0 Å². The fraction of sp³-hybridized carbons (Fsp3) is 0.667. The molecular formula is C57H94O6. The largest absolute Gasteiger partial charge is 0.462 e. The van der Waals surface area contributed by atoms with Crippen molar-refractivity contribution in [2.75, 3.05) is 13.2 Å². The first-order valence-electron chi connectivity index (χ1n) is 25.8. The Hall–Kier alpha value is -3.67. The van der Waals surface area contributed by atoms with Crippen molar-refractivity contribution in [2.24, 2.45) is 0 Å². The maximum absolute atomic E-state index is 12.8. The molecule has 0 aromatic rings. The first-order chi connectivity index (χ1) is 31.0. The third-order valence-electron chi connectivity index (χ3n) is 10.7. The normalized spacial score (nSPS) is 12.9. The van der Waals surface area contributed by atoms with Gasteiger partial charge in [0.25, 0.3) is 0 Å². The molecule has 1 atom stereocenters. The Bertz CT molecular complexity index is 1280. The van der Waals surface area contributed by atoms with Gasteiger partial charge in [0.15, 0.2) is 6.10 Å². The van der Waals surface area contributed by atoms with Crippen molar-refractivity contribution in [3.8, 4) is 0 Å². The summed E-state index contributed by atoms with van der Waals surface area (Å²) in [6.07, 6.45) is 66.7. The van der Waals surface area contributed by atoms with Gasteiger partial charge in [-0.3, -0.25) is 14.4 Å². The molecule has 0 radical (unpaired) electrons. The fourth-order valence-corrected chi connectivity index (χ4v) is 6.85. The molecule has 1 unspecified atom stereocenters. The van der Waals surface area contributed by atoms with E-state index in [4.69, 9.17) is 14.2 Å². The summed E-state index contributed by atoms with van der Waals surface area (Å²) < 4.78 is 16.8. The van der Waals surface area contributed by atoms with E-state index in [9.17, 15) is 14.4 Å². The summed E-state index contributed by atoms with van der Waals surface area (Å²) in [6.45, 7) is 6.33. The minimum absolute atomic E-state index is 0.0970. The second kappa shape index (κ2) is 51.0. The first-order valence-corrected chi connectivity index (χ1v) is 25.8. The van der Waals surface area contributed by atoms with Gasteiger partial charge in [-0.25, -0.2) is 0 Å². The summed E-state index contributed by atoms with van der Waals surface area (Å²) in [5.41, 5.74) is 0. The Morgan fingerprint density at radius 1 is 0.349 bits per heavy atom. The van der Waals surface area contributed by atoms with E-state index in [0.29, 0.717) is 19.3 Å². The van der Waals surface area contributed by atoms with Gasteiger partial charge in [0, 0.05) is 19.3 Å². The molecule has 0 spiro atoms. The zero-order chi connectivity index (χ0) is 45.8. The molecule has 0 aromatic heterocycles. The number of hydrogen-bond donors (Lipinski definition) is 0. The van der Waals surface area contributed by atoms with Gasteiger partial charge in [-0.1, -0.05) is 227 Å². The molecule has 0 aromatic carbocycles. The topological polar surface area (TPSA) is 78.9 Å². The summed E-state index contributed by atoms with van der Waals surface area (Å²) in [4.78, 5) is 38.0. The Labute approximate surface area is 387 Å². The number of ether oxygens (including phenoxy) is 3. The lowest BCUT2D eigenvalue weighted by Crippen LogP contribution is -2.30. The fourth-order valence-electron chi connectivity index (χ4n) is 6.85. The molecule has 0 heterocycles. The zero-order valence-corrected chi connectivity index (χ0v) is 40.8. The van der Waals surface area contributed by atoms with Crippen LogP contribution >= 0.6 is 0 Å². The second-order valence-corrected chi connectivity index (χ2v) is 16.8. The third-order valence-corrected chi connectivity index (χ3v) is 10.7. The second-order valence-electron chi connectivity index (χ2n) is 16.8. The van der Waals surface area contributed by atoms with Crippen LogP contribution in [0.25, 0.3) is 0 Å². The van der Waals surface area contributed by atoms with Crippen molar-refractivity contribution in [3.05, 3.63) is 97.2 Å². The first kappa shape index (κ1) is 59.3. The highest BCUT2D eigenvalue weighted by Crippen LogP contribution is 2.15. The Morgan fingerprint density at radius 3 is 1.17 bits per heavy atom. The van der Waals surface area contributed by atoms with Crippen LogP contribution in [0.15, 0.2) is 97.2 Å². The molecule has 0 fully saturated rings. The number of esters is 3. The Morgan fingerprint density at radius 2 is 0.698 bits per heavy atom. The molecule has 0 rings (SSSR count). The number of carbonyl (C=O) groups excluding carboxylic acids is 3. The number of allylic oxidation sites excluding steroid dienone is 16. The van der Waals surface area contributed by atoms with Crippen LogP contribution in [0.4, 0.5) is 0 Å². The van der Waals surface area contributed by atoms with Crippen molar-refractivity contribution in [1.82, 2.24) is 0 Å². The molecular weight excluding hydrogens is 781 g/mol. The summed E-state index contributed by atoms with van der Waals surface area (Å²) >= 11 is 0. The maximum Gasteiger partial charge on any atom is 0.306 e. The van der Waals surface area contributed by atoms with Gasteiger partial charge in [0.1, 0.15) is 13.2 Å². The average molecular weight is 875 g/mol. The van der Waals surface area contributed by atoms with E-state index in [0.717, 1.165) is 116 Å². The highest BCUT2D eigenvalue weighted by Gasteiger charge is 2.19. The molecule has 6 heteroatoms. The highest BCUT2D eigenvalue weighted by molar-refractivity contribution is 5.71. The standard InChI is InChI=1S/C57H94O6/c1-4-7-10-13-16-19-22-25-28-30-32-35-38-41-44-47-50-56(59)62-53-54(52-61-55(58)49-46-43-40-37-34-31-27-24-21-18-15-12-9-6-3)63-57(60)51-48-45-42-39-36-33-29-26-23-20-17-14-11-8-5-2/h7-8,10-11,14,16-17,19-20,23,25-26,28-29,32,35,54H,4-6,9,12-13,15,18,21-22,24,27,30-31,33-34,36-53H2,1-3H3/b10-7-,11-8-,17-14-,19-16-,23-20-,28-25-,29-26-,35-32-. The van der Waals surface area contributed by atoms with Gasteiger partial charge >= 0.3 is 17.9 Å². The Kier molecular flexibility index (Phi) is 48.0. The lowest BCUT2D eigenvalue weighted by Gasteiger charge is -2.18. The minimum atomic E-state index is -0.802. The zero-order valence-electron chi connectivity index (χ0n) is 40.8. The number of carbonyl (C=O) groups is 3. The number of rotatable bonds is 45. The van der Waals surface area contributed by atoms with E-state index < -0.39 is 6.10 Å². The summed E-state index contributed by atoms with van der Waals surface area (Å²) in [7, 11) is 0. The van der Waals surface area contributed by atoms with Crippen LogP contribution in [0.3, 0.4) is 0 Å². The molecule has 0 bridgehead atoms. The van der Waals surface area contributed by atoms with E-state index in [2.05, 4.69) is 93.7 Å². The summed E-state index contributed by atoms with van der Waals surface area (Å²) in [5.74, 6) is -0.954. The van der Waals surface area contributed by atoms with Crippen LogP contribution in [0.2, 0.25) is 0 Å². The van der Waals surface area contributed by atoms with Gasteiger partial charge in [0.05, 0.1) is 0 Å². The monoisotopic (exact) mass is 875 g/mol. The quantitative estimate of drug-likeness (QED) is 0.0199. The smallest absolute Gasteiger partial charge is 0.306 e. The van der Waals surface area contributed by atoms with Crippen LogP contribution in [-0.2, 0) is 28.6 Å². The number of unbranched alkanes of at least 4 members (excludes halogenated alkanes) is 21. The molecule has 0 saturated carbocycles. The molecule has 358 valence electrons. The molecule has 0 aliphatic rings. The van der Waals surface area contributed by atoms with E-state index in [1.807, 2.05) is 24.3 Å². The van der Waals surface area contributed by atoms with Crippen LogP contribution in [-0.4, -0.2) is 37.2 Å². The van der Waals surface area contributed by atoms with Gasteiger partial charge in [-0.2, -0.15) is 0 Å². The van der Waals surface area contributed by atoms with E-state index in [1.54, 1.807) is 0 Å². The molecule has 0 N–H and O–H groups in total. The minimum Gasteiger partial charge on any atom is -0.462 e. The van der Waals surface area contributed by atoms with Crippen molar-refractivity contribution in [1.29, 1.82) is 0 Å². The summed E-state index contributed by atoms with van der Waals surface area (Å²) in [6, 6.07) is 0. The van der Waals surface area contributed by atoms with Crippen molar-refractivity contribution in [3.63, 3.8) is 0 Å². The molecule has 0 aliphatic carbocycles. The van der Waals surface area contributed by atoms with Gasteiger partial charge in [-0.15, -0.1) is 0 Å². The van der Waals surface area contributed by atoms with Crippen molar-refractivity contribution >= 4 is 17.9 Å². The van der Waals surface area contributed by atoms with Crippen LogP contribution in [0, 0.1) is 0 Å². The molecule has 0 aliphatic heterocycles. The predicted molar refractivity (Wildman–Crippen MR) is 270 cm³/mol. The van der Waals surface area contributed by atoms with Gasteiger partial charge in [0.2, 0.25) is 0 Å². The SMILES string of the molecule is CC\C=C/C=C\C=C/C=C\CCCCCCCC(=O)OC(COC(=O)CCCCC/C=C\C/C=C\C/C=C\C/C=C\CC)COC(=O)CCCCCCCCCCCCCCCC. The van der Waals surface area contributed by atoms with Crippen LogP contribution < -0.4 is 0 Å². The molecule has 0 saturated heterocycles. The highest BCUT2D eigenvalue weighted by atomic mass is 16.6. The third kappa shape index (κ3) is 49.2. The summed E-state index contributed by atoms with van der Waals surface area (Å²) in [5, 5.41) is 0. The van der Waals surface area contributed by atoms with Crippen molar-refractivity contribution < 1.29 is 28.6 Å². The molecule has 6 nitrogen and oxygen atoms in total. The van der Waals surface area contributed by atoms with E-state index in [1.165, 1.54) is 70.6 Å². The molecule has 0 amide bonds. The lowest BCUT2D eigenvalue weighted by molar-refractivity contribution is -0.167. The number of hydrogen-bond acceptors (Lipinski definition) is 6.